The number of H-pyrrole nitrogens is 1. The number of piperazine rings is 1. The molecule has 0 saturated carbocycles. The fourth-order valence-corrected chi connectivity index (χ4v) is 4.70. The number of para-hydroxylation sites is 1. The molecule has 3 aromatic rings. The minimum absolute atomic E-state index is 0.0951. The summed E-state index contributed by atoms with van der Waals surface area (Å²) in [7, 11) is 0. The summed E-state index contributed by atoms with van der Waals surface area (Å²) >= 11 is 0. The normalized spacial score (nSPS) is 17.9. The number of pyridine rings is 1. The molecule has 0 spiro atoms. The van der Waals surface area contributed by atoms with Crippen molar-refractivity contribution < 1.29 is 9.47 Å². The molecule has 0 bridgehead atoms. The van der Waals surface area contributed by atoms with E-state index in [2.05, 4.69) is 56.8 Å². The lowest BCUT2D eigenvalue weighted by atomic mass is 9.93. The SMILES string of the molecule is CC1(C)CCc2cccc(N3CCN(CCCCOc4ncc5ccc(=O)[nH]c5n4)CC3)c2O1. The fraction of sp³-hybridized carbons (Fsp3) is 0.500. The molecule has 0 radical (unpaired) electrons. The van der Waals surface area contributed by atoms with Gasteiger partial charge in [-0.05, 0) is 63.8 Å². The maximum Gasteiger partial charge on any atom is 0.318 e. The zero-order valence-electron chi connectivity index (χ0n) is 20.0. The molecule has 8 nitrogen and oxygen atoms in total. The molecular formula is C26H33N5O3. The van der Waals surface area contributed by atoms with Crippen molar-refractivity contribution in [2.24, 2.45) is 0 Å². The third kappa shape index (κ3) is 5.17. The number of nitrogens with zero attached hydrogens (tertiary/aromatic N) is 4. The molecule has 0 atom stereocenters. The van der Waals surface area contributed by atoms with Crippen molar-refractivity contribution in [2.45, 2.75) is 45.1 Å². The van der Waals surface area contributed by atoms with E-state index in [1.54, 1.807) is 12.3 Å². The first-order chi connectivity index (χ1) is 16.5. The van der Waals surface area contributed by atoms with Crippen LogP contribution < -0.4 is 19.9 Å². The standard InChI is InChI=1S/C26H33N5O3/c1-26(2)11-10-19-6-5-7-21(23(19)34-26)31-15-13-30(14-16-31)12-3-4-17-33-25-27-18-20-8-9-22(32)28-24(20)29-25/h5-9,18H,3-4,10-17H2,1-2H3,(H,27,28,29,32). The molecule has 180 valence electrons. The number of rotatable bonds is 7. The van der Waals surface area contributed by atoms with Gasteiger partial charge in [0.1, 0.15) is 17.0 Å². The van der Waals surface area contributed by atoms with Gasteiger partial charge in [0.25, 0.3) is 0 Å². The van der Waals surface area contributed by atoms with Crippen LogP contribution in [0.3, 0.4) is 0 Å². The molecule has 0 amide bonds. The molecule has 1 aromatic carbocycles. The zero-order chi connectivity index (χ0) is 23.5. The van der Waals surface area contributed by atoms with E-state index in [9.17, 15) is 4.79 Å². The average molecular weight is 464 g/mol. The van der Waals surface area contributed by atoms with Crippen LogP contribution in [0, 0.1) is 0 Å². The molecule has 5 rings (SSSR count). The molecule has 34 heavy (non-hydrogen) atoms. The van der Waals surface area contributed by atoms with Crippen LogP contribution in [0.1, 0.15) is 38.7 Å². The largest absolute Gasteiger partial charge is 0.485 e. The first-order valence-corrected chi connectivity index (χ1v) is 12.2. The van der Waals surface area contributed by atoms with Crippen LogP contribution in [0.25, 0.3) is 11.0 Å². The zero-order valence-corrected chi connectivity index (χ0v) is 20.0. The first kappa shape index (κ1) is 22.7. The van der Waals surface area contributed by atoms with Gasteiger partial charge in [-0.3, -0.25) is 9.69 Å². The number of benzene rings is 1. The van der Waals surface area contributed by atoms with Gasteiger partial charge in [-0.2, -0.15) is 4.98 Å². The maximum absolute atomic E-state index is 11.5. The van der Waals surface area contributed by atoms with Gasteiger partial charge in [-0.15, -0.1) is 0 Å². The summed E-state index contributed by atoms with van der Waals surface area (Å²) < 4.78 is 12.1. The summed E-state index contributed by atoms with van der Waals surface area (Å²) in [5.74, 6) is 1.09. The van der Waals surface area contributed by atoms with Gasteiger partial charge in [0, 0.05) is 43.8 Å². The lowest BCUT2D eigenvalue weighted by molar-refractivity contribution is 0.0850. The van der Waals surface area contributed by atoms with Crippen LogP contribution in [0.5, 0.6) is 11.8 Å². The molecule has 0 unspecified atom stereocenters. The van der Waals surface area contributed by atoms with E-state index in [0.717, 1.165) is 69.5 Å². The molecule has 1 N–H and O–H groups in total. The van der Waals surface area contributed by atoms with E-state index in [1.165, 1.54) is 17.3 Å². The van der Waals surface area contributed by atoms with Crippen molar-refractivity contribution >= 4 is 16.7 Å². The summed E-state index contributed by atoms with van der Waals surface area (Å²) in [6.07, 6.45) is 5.81. The number of fused-ring (bicyclic) bond motifs is 2. The summed E-state index contributed by atoms with van der Waals surface area (Å²) in [5, 5.41) is 0.789. The molecule has 1 fully saturated rings. The van der Waals surface area contributed by atoms with Crippen molar-refractivity contribution in [1.82, 2.24) is 19.9 Å². The number of aryl methyl sites for hydroxylation is 1. The van der Waals surface area contributed by atoms with E-state index in [0.29, 0.717) is 18.3 Å². The van der Waals surface area contributed by atoms with E-state index < -0.39 is 0 Å². The van der Waals surface area contributed by atoms with E-state index in [1.807, 2.05) is 0 Å². The first-order valence-electron chi connectivity index (χ1n) is 12.2. The third-order valence-electron chi connectivity index (χ3n) is 6.71. The highest BCUT2D eigenvalue weighted by Crippen LogP contribution is 2.40. The molecule has 2 aliphatic heterocycles. The molecular weight excluding hydrogens is 430 g/mol. The molecule has 8 heteroatoms. The lowest BCUT2D eigenvalue weighted by Crippen LogP contribution is -2.47. The highest BCUT2D eigenvalue weighted by atomic mass is 16.5. The summed E-state index contributed by atoms with van der Waals surface area (Å²) in [5.41, 5.74) is 2.81. The number of anilines is 1. The van der Waals surface area contributed by atoms with Crippen LogP contribution in [-0.2, 0) is 6.42 Å². The second-order valence-corrected chi connectivity index (χ2v) is 9.79. The Morgan fingerprint density at radius 3 is 2.82 bits per heavy atom. The monoisotopic (exact) mass is 463 g/mol. The number of hydrogen-bond acceptors (Lipinski definition) is 7. The van der Waals surface area contributed by atoms with Gasteiger partial charge in [0.05, 0.1) is 12.3 Å². The Kier molecular flexibility index (Phi) is 6.41. The molecule has 2 aliphatic rings. The topological polar surface area (TPSA) is 83.6 Å². The van der Waals surface area contributed by atoms with Crippen molar-refractivity contribution in [3.8, 4) is 11.8 Å². The molecule has 2 aromatic heterocycles. The number of aromatic amines is 1. The summed E-state index contributed by atoms with van der Waals surface area (Å²) in [6, 6.07) is 10.1. The second-order valence-electron chi connectivity index (χ2n) is 9.79. The van der Waals surface area contributed by atoms with Crippen LogP contribution in [-0.4, -0.2) is 64.8 Å². The predicted octanol–water partition coefficient (Wildman–Crippen LogP) is 3.40. The lowest BCUT2D eigenvalue weighted by Gasteiger charge is -2.40. The van der Waals surface area contributed by atoms with Gasteiger partial charge >= 0.3 is 6.01 Å². The quantitative estimate of drug-likeness (QED) is 0.538. The Morgan fingerprint density at radius 1 is 1.12 bits per heavy atom. The molecule has 1 saturated heterocycles. The van der Waals surface area contributed by atoms with Gasteiger partial charge in [-0.1, -0.05) is 12.1 Å². The smallest absolute Gasteiger partial charge is 0.318 e. The highest BCUT2D eigenvalue weighted by Gasteiger charge is 2.30. The van der Waals surface area contributed by atoms with Crippen molar-refractivity contribution in [3.63, 3.8) is 0 Å². The average Bonchev–Trinajstić information content (AvgIpc) is 2.83. The van der Waals surface area contributed by atoms with Crippen molar-refractivity contribution in [3.05, 3.63) is 52.4 Å². The number of hydrogen-bond donors (Lipinski definition) is 1. The van der Waals surface area contributed by atoms with Crippen LogP contribution in [0.4, 0.5) is 5.69 Å². The Morgan fingerprint density at radius 2 is 1.97 bits per heavy atom. The van der Waals surface area contributed by atoms with Gasteiger partial charge in [0.2, 0.25) is 5.56 Å². The highest BCUT2D eigenvalue weighted by molar-refractivity contribution is 5.73. The molecule has 4 heterocycles. The van der Waals surface area contributed by atoms with E-state index in [-0.39, 0.29) is 11.2 Å². The minimum Gasteiger partial charge on any atom is -0.485 e. The predicted molar refractivity (Wildman–Crippen MR) is 133 cm³/mol. The van der Waals surface area contributed by atoms with Gasteiger partial charge in [-0.25, -0.2) is 4.98 Å². The van der Waals surface area contributed by atoms with Crippen LogP contribution in [0.15, 0.2) is 41.3 Å². The number of nitrogens with one attached hydrogen (secondary N) is 1. The minimum atomic E-state index is -0.180. The van der Waals surface area contributed by atoms with Crippen molar-refractivity contribution in [2.75, 3.05) is 44.2 Å². The van der Waals surface area contributed by atoms with E-state index in [4.69, 9.17) is 9.47 Å². The Labute approximate surface area is 199 Å². The number of aromatic nitrogens is 3. The van der Waals surface area contributed by atoms with Gasteiger partial charge in [0.15, 0.2) is 0 Å². The summed E-state index contributed by atoms with van der Waals surface area (Å²) in [6.45, 7) is 10.1. The van der Waals surface area contributed by atoms with Gasteiger partial charge < -0.3 is 19.4 Å². The second kappa shape index (κ2) is 9.62. The Hall–Kier alpha value is -3.13. The van der Waals surface area contributed by atoms with E-state index >= 15 is 0 Å². The van der Waals surface area contributed by atoms with Crippen LogP contribution >= 0.6 is 0 Å². The number of ether oxygens (including phenoxy) is 2. The van der Waals surface area contributed by atoms with Crippen LogP contribution in [0.2, 0.25) is 0 Å². The third-order valence-corrected chi connectivity index (χ3v) is 6.71. The maximum atomic E-state index is 11.5. The Balaban J connectivity index is 1.06. The van der Waals surface area contributed by atoms with Crippen molar-refractivity contribution in [1.29, 1.82) is 0 Å². The fourth-order valence-electron chi connectivity index (χ4n) is 4.70. The molecule has 0 aliphatic carbocycles. The summed E-state index contributed by atoms with van der Waals surface area (Å²) in [4.78, 5) is 27.7. The number of unbranched alkanes of at least 4 members (excludes halogenated alkanes) is 1. The Bertz CT molecular complexity index is 1200.